The third kappa shape index (κ3) is 3.53. The van der Waals surface area contributed by atoms with E-state index in [2.05, 4.69) is 17.9 Å². The molecule has 1 aromatic carbocycles. The molecule has 0 N–H and O–H groups in total. The highest BCUT2D eigenvalue weighted by Gasteiger charge is 2.40. The number of amides is 2. The molecule has 1 aromatic rings. The summed E-state index contributed by atoms with van der Waals surface area (Å²) in [7, 11) is 0. The van der Waals surface area contributed by atoms with Crippen LogP contribution in [0.25, 0.3) is 0 Å². The number of likely N-dealkylation sites (tertiary alicyclic amines) is 2. The lowest BCUT2D eigenvalue weighted by molar-refractivity contribution is -0.140. The van der Waals surface area contributed by atoms with Gasteiger partial charge in [0.15, 0.2) is 0 Å². The summed E-state index contributed by atoms with van der Waals surface area (Å²) in [6.45, 7) is 4.30. The molecule has 0 bridgehead atoms. The Kier molecular flexibility index (Phi) is 5.37. The zero-order chi connectivity index (χ0) is 17.8. The molecule has 132 valence electrons. The molecule has 0 spiro atoms. The molecule has 2 atom stereocenters. The van der Waals surface area contributed by atoms with Crippen molar-refractivity contribution >= 4 is 11.8 Å². The maximum Gasteiger partial charge on any atom is 0.255 e. The largest absolute Gasteiger partial charge is 0.339 e. The Hall–Kier alpha value is -2.35. The first-order valence-electron chi connectivity index (χ1n) is 9.23. The average Bonchev–Trinajstić information content (AvgIpc) is 2.66. The molecule has 2 saturated heterocycles. The molecule has 0 aromatic heterocycles. The molecule has 0 radical (unpaired) electrons. The van der Waals surface area contributed by atoms with E-state index in [1.807, 2.05) is 4.90 Å². The second-order valence-electron chi connectivity index (χ2n) is 7.00. The van der Waals surface area contributed by atoms with Gasteiger partial charge in [-0.1, -0.05) is 25.5 Å². The van der Waals surface area contributed by atoms with Gasteiger partial charge in [-0.3, -0.25) is 9.59 Å². The SMILES string of the molecule is CCCCN1C(=O)CCC2CN(C(=O)c3ccccc3C#N)CCC21. The van der Waals surface area contributed by atoms with Crippen LogP contribution < -0.4 is 0 Å². The van der Waals surface area contributed by atoms with Crippen molar-refractivity contribution in [1.82, 2.24) is 9.80 Å². The van der Waals surface area contributed by atoms with Crippen molar-refractivity contribution in [1.29, 1.82) is 5.26 Å². The molecule has 5 heteroatoms. The van der Waals surface area contributed by atoms with Gasteiger partial charge in [-0.2, -0.15) is 5.26 Å². The minimum atomic E-state index is -0.0624. The Morgan fingerprint density at radius 2 is 2.12 bits per heavy atom. The molecule has 2 heterocycles. The van der Waals surface area contributed by atoms with Gasteiger partial charge in [0.05, 0.1) is 17.2 Å². The van der Waals surface area contributed by atoms with E-state index in [1.165, 1.54) is 0 Å². The van der Waals surface area contributed by atoms with Gasteiger partial charge in [-0.05, 0) is 37.3 Å². The highest BCUT2D eigenvalue weighted by molar-refractivity contribution is 5.96. The van der Waals surface area contributed by atoms with E-state index in [-0.39, 0.29) is 17.9 Å². The van der Waals surface area contributed by atoms with Gasteiger partial charge in [0, 0.05) is 32.1 Å². The van der Waals surface area contributed by atoms with Crippen LogP contribution >= 0.6 is 0 Å². The number of carbonyl (C=O) groups excluding carboxylic acids is 2. The molecule has 2 fully saturated rings. The van der Waals surface area contributed by atoms with Crippen LogP contribution in [0.5, 0.6) is 0 Å². The number of unbranched alkanes of at least 4 members (excludes halogenated alkanes) is 1. The highest BCUT2D eigenvalue weighted by Crippen LogP contribution is 2.32. The van der Waals surface area contributed by atoms with Crippen LogP contribution in [0.15, 0.2) is 24.3 Å². The van der Waals surface area contributed by atoms with Crippen LogP contribution in [-0.4, -0.2) is 47.3 Å². The number of rotatable bonds is 4. The fourth-order valence-electron chi connectivity index (χ4n) is 4.09. The molecular formula is C20H25N3O2. The first kappa shape index (κ1) is 17.5. The molecule has 3 rings (SSSR count). The second-order valence-corrected chi connectivity index (χ2v) is 7.00. The van der Waals surface area contributed by atoms with Gasteiger partial charge in [0.1, 0.15) is 0 Å². The molecule has 0 saturated carbocycles. The lowest BCUT2D eigenvalue weighted by Gasteiger charge is -2.47. The zero-order valence-corrected chi connectivity index (χ0v) is 14.8. The van der Waals surface area contributed by atoms with E-state index in [9.17, 15) is 14.9 Å². The molecule has 2 aliphatic heterocycles. The van der Waals surface area contributed by atoms with Gasteiger partial charge in [-0.25, -0.2) is 0 Å². The topological polar surface area (TPSA) is 64.4 Å². The van der Waals surface area contributed by atoms with Crippen LogP contribution in [0.4, 0.5) is 0 Å². The summed E-state index contributed by atoms with van der Waals surface area (Å²) >= 11 is 0. The number of benzene rings is 1. The van der Waals surface area contributed by atoms with E-state index in [0.29, 0.717) is 36.6 Å². The van der Waals surface area contributed by atoms with Crippen molar-refractivity contribution in [2.24, 2.45) is 5.92 Å². The van der Waals surface area contributed by atoms with Crippen molar-refractivity contribution in [2.75, 3.05) is 19.6 Å². The number of fused-ring (bicyclic) bond motifs is 1. The number of hydrogen-bond acceptors (Lipinski definition) is 3. The maximum atomic E-state index is 12.9. The van der Waals surface area contributed by atoms with Crippen molar-refractivity contribution < 1.29 is 9.59 Å². The summed E-state index contributed by atoms with van der Waals surface area (Å²) in [4.78, 5) is 29.1. The van der Waals surface area contributed by atoms with Crippen molar-refractivity contribution in [2.45, 2.75) is 45.1 Å². The van der Waals surface area contributed by atoms with Gasteiger partial charge < -0.3 is 9.80 Å². The Labute approximate surface area is 149 Å². The van der Waals surface area contributed by atoms with Crippen LogP contribution in [0, 0.1) is 17.2 Å². The molecule has 2 aliphatic rings. The Bertz CT molecular complexity index is 694. The van der Waals surface area contributed by atoms with E-state index < -0.39 is 0 Å². The summed E-state index contributed by atoms with van der Waals surface area (Å²) in [5, 5.41) is 9.23. The maximum absolute atomic E-state index is 12.9. The number of piperidine rings is 2. The van der Waals surface area contributed by atoms with Gasteiger partial charge in [0.2, 0.25) is 5.91 Å². The number of nitriles is 1. The van der Waals surface area contributed by atoms with E-state index >= 15 is 0 Å². The van der Waals surface area contributed by atoms with E-state index in [1.54, 1.807) is 24.3 Å². The van der Waals surface area contributed by atoms with Crippen molar-refractivity contribution in [3.05, 3.63) is 35.4 Å². The molecule has 0 aliphatic carbocycles. The number of carbonyl (C=O) groups is 2. The molecule has 2 unspecified atom stereocenters. The summed E-state index contributed by atoms with van der Waals surface area (Å²) in [6.07, 6.45) is 4.39. The van der Waals surface area contributed by atoms with Crippen LogP contribution in [0.1, 0.15) is 54.9 Å². The number of nitrogens with zero attached hydrogens (tertiary/aromatic N) is 3. The van der Waals surface area contributed by atoms with E-state index in [4.69, 9.17) is 0 Å². The average molecular weight is 339 g/mol. The van der Waals surface area contributed by atoms with Gasteiger partial charge in [0.25, 0.3) is 5.91 Å². The smallest absolute Gasteiger partial charge is 0.255 e. The molecule has 5 nitrogen and oxygen atoms in total. The predicted octanol–water partition coefficient (Wildman–Crippen LogP) is 2.81. The van der Waals surface area contributed by atoms with Crippen LogP contribution in [0.3, 0.4) is 0 Å². The second kappa shape index (κ2) is 7.69. The zero-order valence-electron chi connectivity index (χ0n) is 14.8. The summed E-state index contributed by atoms with van der Waals surface area (Å²) in [5.41, 5.74) is 0.913. The quantitative estimate of drug-likeness (QED) is 0.847. The fourth-order valence-corrected chi connectivity index (χ4v) is 4.09. The molecule has 2 amide bonds. The Balaban J connectivity index is 1.72. The summed E-state index contributed by atoms with van der Waals surface area (Å²) < 4.78 is 0. The molecular weight excluding hydrogens is 314 g/mol. The molecule has 25 heavy (non-hydrogen) atoms. The van der Waals surface area contributed by atoms with Gasteiger partial charge in [-0.15, -0.1) is 0 Å². The lowest BCUT2D eigenvalue weighted by atomic mass is 9.83. The number of hydrogen-bond donors (Lipinski definition) is 0. The highest BCUT2D eigenvalue weighted by atomic mass is 16.2. The third-order valence-electron chi connectivity index (χ3n) is 5.46. The van der Waals surface area contributed by atoms with Gasteiger partial charge >= 0.3 is 0 Å². The first-order chi connectivity index (χ1) is 12.2. The minimum absolute atomic E-state index is 0.0624. The summed E-state index contributed by atoms with van der Waals surface area (Å²) in [6, 6.07) is 9.36. The standard InChI is InChI=1S/C20H25N3O2/c1-2-3-11-23-18-10-12-22(14-16(18)8-9-19(23)24)20(25)17-7-5-4-6-15(17)13-21/h4-7,16,18H,2-3,8-12,14H2,1H3. The van der Waals surface area contributed by atoms with Crippen molar-refractivity contribution in [3.8, 4) is 6.07 Å². The Morgan fingerprint density at radius 3 is 2.88 bits per heavy atom. The fraction of sp³-hybridized carbons (Fsp3) is 0.550. The van der Waals surface area contributed by atoms with Crippen molar-refractivity contribution in [3.63, 3.8) is 0 Å². The lowest BCUT2D eigenvalue weighted by Crippen LogP contribution is -2.57. The Morgan fingerprint density at radius 1 is 1.32 bits per heavy atom. The third-order valence-corrected chi connectivity index (χ3v) is 5.46. The van der Waals surface area contributed by atoms with Crippen LogP contribution in [-0.2, 0) is 4.79 Å². The monoisotopic (exact) mass is 339 g/mol. The minimum Gasteiger partial charge on any atom is -0.339 e. The van der Waals surface area contributed by atoms with E-state index in [0.717, 1.165) is 32.2 Å². The van der Waals surface area contributed by atoms with Crippen LogP contribution in [0.2, 0.25) is 0 Å². The normalized spacial score (nSPS) is 23.1. The first-order valence-corrected chi connectivity index (χ1v) is 9.23. The predicted molar refractivity (Wildman–Crippen MR) is 94.8 cm³/mol. The summed E-state index contributed by atoms with van der Waals surface area (Å²) in [5.74, 6) is 0.554.